The van der Waals surface area contributed by atoms with Gasteiger partial charge in [0, 0.05) is 37.4 Å². The Hall–Kier alpha value is -2.11. The van der Waals surface area contributed by atoms with Crippen LogP contribution in [-0.2, 0) is 4.79 Å². The number of carbonyl (C=O) groups excluding carboxylic acids is 1. The third kappa shape index (κ3) is 4.71. The zero-order chi connectivity index (χ0) is 17.6. The molecule has 0 radical (unpaired) electrons. The Bertz CT molecular complexity index is 702. The topological polar surface area (TPSA) is 48.5 Å². The first-order chi connectivity index (χ1) is 12.1. The van der Waals surface area contributed by atoms with Gasteiger partial charge < -0.3 is 10.2 Å². The molecule has 6 heteroatoms. The Labute approximate surface area is 153 Å². The Morgan fingerprint density at radius 1 is 1.16 bits per heavy atom. The normalized spacial score (nSPS) is 16.5. The van der Waals surface area contributed by atoms with Gasteiger partial charge in [0.2, 0.25) is 5.91 Å². The minimum atomic E-state index is -0.101. The summed E-state index contributed by atoms with van der Waals surface area (Å²) in [7, 11) is 0. The van der Waals surface area contributed by atoms with Crippen LogP contribution in [0.15, 0.2) is 48.7 Å². The van der Waals surface area contributed by atoms with E-state index in [2.05, 4.69) is 20.1 Å². The zero-order valence-electron chi connectivity index (χ0n) is 14.4. The zero-order valence-corrected chi connectivity index (χ0v) is 15.1. The van der Waals surface area contributed by atoms with Gasteiger partial charge in [-0.15, -0.1) is 0 Å². The lowest BCUT2D eigenvalue weighted by molar-refractivity contribution is -0.123. The summed E-state index contributed by atoms with van der Waals surface area (Å²) >= 11 is 6.20. The van der Waals surface area contributed by atoms with Crippen molar-refractivity contribution in [2.45, 2.75) is 13.0 Å². The number of benzene rings is 1. The van der Waals surface area contributed by atoms with Gasteiger partial charge in [0.05, 0.1) is 12.6 Å². The van der Waals surface area contributed by atoms with Crippen LogP contribution in [0.2, 0.25) is 5.02 Å². The lowest BCUT2D eigenvalue weighted by atomic mass is 10.1. The predicted octanol–water partition coefficient (Wildman–Crippen LogP) is 2.73. The number of aromatic nitrogens is 1. The molecular formula is C19H23ClN4O. The summed E-state index contributed by atoms with van der Waals surface area (Å²) in [4.78, 5) is 21.1. The summed E-state index contributed by atoms with van der Waals surface area (Å²) in [6.45, 7) is 5.83. The third-order valence-electron chi connectivity index (χ3n) is 4.46. The summed E-state index contributed by atoms with van der Waals surface area (Å²) in [5, 5.41) is 3.72. The van der Waals surface area contributed by atoms with Crippen LogP contribution in [0.3, 0.4) is 0 Å². The van der Waals surface area contributed by atoms with E-state index >= 15 is 0 Å². The summed E-state index contributed by atoms with van der Waals surface area (Å²) < 4.78 is 0. The standard InChI is InChI=1S/C19H23ClN4O/c1-15(16-6-2-3-7-17(16)20)22-19(25)14-23-10-12-24(13-11-23)18-8-4-5-9-21-18/h2-9,15H,10-14H2,1H3,(H,22,25). The van der Waals surface area contributed by atoms with Crippen LogP contribution in [0.4, 0.5) is 5.82 Å². The Kier molecular flexibility index (Phi) is 5.89. The van der Waals surface area contributed by atoms with Crippen LogP contribution in [0.25, 0.3) is 0 Å². The molecule has 1 atom stereocenters. The molecule has 0 aliphatic carbocycles. The number of amides is 1. The average Bonchev–Trinajstić information content (AvgIpc) is 2.63. The van der Waals surface area contributed by atoms with Crippen molar-refractivity contribution in [3.8, 4) is 0 Å². The predicted molar refractivity (Wildman–Crippen MR) is 101 cm³/mol. The highest BCUT2D eigenvalue weighted by Gasteiger charge is 2.20. The van der Waals surface area contributed by atoms with Crippen molar-refractivity contribution in [2.75, 3.05) is 37.6 Å². The van der Waals surface area contributed by atoms with Crippen LogP contribution < -0.4 is 10.2 Å². The first-order valence-corrected chi connectivity index (χ1v) is 8.93. The number of hydrogen-bond donors (Lipinski definition) is 1. The highest BCUT2D eigenvalue weighted by atomic mass is 35.5. The molecule has 0 spiro atoms. The van der Waals surface area contributed by atoms with Gasteiger partial charge in [0.25, 0.3) is 0 Å². The van der Waals surface area contributed by atoms with Crippen molar-refractivity contribution in [3.05, 3.63) is 59.2 Å². The summed E-state index contributed by atoms with van der Waals surface area (Å²) in [6.07, 6.45) is 1.81. The van der Waals surface area contributed by atoms with Crippen LogP contribution in [0, 0.1) is 0 Å². The molecule has 25 heavy (non-hydrogen) atoms. The van der Waals surface area contributed by atoms with Crippen molar-refractivity contribution in [1.82, 2.24) is 15.2 Å². The van der Waals surface area contributed by atoms with Crippen LogP contribution in [0.1, 0.15) is 18.5 Å². The Morgan fingerprint density at radius 2 is 1.88 bits per heavy atom. The third-order valence-corrected chi connectivity index (χ3v) is 4.81. The molecule has 2 aromatic rings. The molecule has 1 fully saturated rings. The Balaban J connectivity index is 1.47. The smallest absolute Gasteiger partial charge is 0.234 e. The van der Waals surface area contributed by atoms with Gasteiger partial charge in [-0.25, -0.2) is 4.98 Å². The van der Waals surface area contributed by atoms with Gasteiger partial charge in [-0.2, -0.15) is 0 Å². The first-order valence-electron chi connectivity index (χ1n) is 8.55. The number of hydrogen-bond acceptors (Lipinski definition) is 4. The highest BCUT2D eigenvalue weighted by Crippen LogP contribution is 2.22. The SMILES string of the molecule is CC(NC(=O)CN1CCN(c2ccccn2)CC1)c1ccccc1Cl. The van der Waals surface area contributed by atoms with Crippen molar-refractivity contribution in [1.29, 1.82) is 0 Å². The number of anilines is 1. The average molecular weight is 359 g/mol. The Morgan fingerprint density at radius 3 is 2.56 bits per heavy atom. The number of pyridine rings is 1. The van der Waals surface area contributed by atoms with E-state index in [1.807, 2.05) is 55.6 Å². The molecule has 0 bridgehead atoms. The van der Waals surface area contributed by atoms with Gasteiger partial charge >= 0.3 is 0 Å². The second kappa shape index (κ2) is 8.32. The van der Waals surface area contributed by atoms with Crippen molar-refractivity contribution in [3.63, 3.8) is 0 Å². The maximum Gasteiger partial charge on any atom is 0.234 e. The van der Waals surface area contributed by atoms with E-state index in [0.29, 0.717) is 11.6 Å². The maximum atomic E-state index is 12.3. The van der Waals surface area contributed by atoms with Crippen molar-refractivity contribution < 1.29 is 4.79 Å². The second-order valence-electron chi connectivity index (χ2n) is 6.26. The van der Waals surface area contributed by atoms with E-state index in [4.69, 9.17) is 11.6 Å². The molecule has 1 unspecified atom stereocenters. The molecule has 132 valence electrons. The maximum absolute atomic E-state index is 12.3. The number of nitrogens with zero attached hydrogens (tertiary/aromatic N) is 3. The molecule has 1 aliphatic rings. The molecule has 1 aromatic carbocycles. The quantitative estimate of drug-likeness (QED) is 0.892. The van der Waals surface area contributed by atoms with Crippen LogP contribution in [0.5, 0.6) is 0 Å². The minimum absolute atomic E-state index is 0.0266. The van der Waals surface area contributed by atoms with Crippen molar-refractivity contribution >= 4 is 23.3 Å². The molecule has 1 amide bonds. The first kappa shape index (κ1) is 17.7. The van der Waals surface area contributed by atoms with E-state index in [9.17, 15) is 4.79 Å². The molecule has 1 aromatic heterocycles. The molecule has 1 saturated heterocycles. The van der Waals surface area contributed by atoms with E-state index in [1.54, 1.807) is 0 Å². The van der Waals surface area contributed by atoms with E-state index < -0.39 is 0 Å². The number of halogens is 1. The van der Waals surface area contributed by atoms with Gasteiger partial charge in [0.15, 0.2) is 0 Å². The number of carbonyl (C=O) groups is 1. The molecule has 5 nitrogen and oxygen atoms in total. The molecule has 0 saturated carbocycles. The fourth-order valence-corrected chi connectivity index (χ4v) is 3.37. The van der Waals surface area contributed by atoms with Crippen LogP contribution >= 0.6 is 11.6 Å². The fraction of sp³-hybridized carbons (Fsp3) is 0.368. The minimum Gasteiger partial charge on any atom is -0.354 e. The fourth-order valence-electron chi connectivity index (χ4n) is 3.07. The molecular weight excluding hydrogens is 336 g/mol. The summed E-state index contributed by atoms with van der Waals surface area (Å²) in [5.74, 6) is 1.03. The second-order valence-corrected chi connectivity index (χ2v) is 6.67. The summed E-state index contributed by atoms with van der Waals surface area (Å²) in [6, 6.07) is 13.4. The number of piperazine rings is 1. The number of nitrogens with one attached hydrogen (secondary N) is 1. The van der Waals surface area contributed by atoms with E-state index in [-0.39, 0.29) is 11.9 Å². The van der Waals surface area contributed by atoms with Crippen molar-refractivity contribution in [2.24, 2.45) is 0 Å². The van der Waals surface area contributed by atoms with Crippen LogP contribution in [-0.4, -0.2) is 48.5 Å². The molecule has 1 aliphatic heterocycles. The monoisotopic (exact) mass is 358 g/mol. The van der Waals surface area contributed by atoms with Gasteiger partial charge in [-0.3, -0.25) is 9.69 Å². The summed E-state index contributed by atoms with van der Waals surface area (Å²) in [5.41, 5.74) is 0.942. The lowest BCUT2D eigenvalue weighted by Gasteiger charge is -2.35. The molecule has 3 rings (SSSR count). The van der Waals surface area contributed by atoms with E-state index in [1.165, 1.54) is 0 Å². The number of rotatable bonds is 5. The largest absolute Gasteiger partial charge is 0.354 e. The molecule has 1 N–H and O–H groups in total. The van der Waals surface area contributed by atoms with Gasteiger partial charge in [-0.05, 0) is 30.7 Å². The van der Waals surface area contributed by atoms with Gasteiger partial charge in [-0.1, -0.05) is 35.9 Å². The van der Waals surface area contributed by atoms with Gasteiger partial charge in [0.1, 0.15) is 5.82 Å². The molecule has 2 heterocycles. The highest BCUT2D eigenvalue weighted by molar-refractivity contribution is 6.31. The lowest BCUT2D eigenvalue weighted by Crippen LogP contribution is -2.49. The van der Waals surface area contributed by atoms with E-state index in [0.717, 1.165) is 37.6 Å².